The minimum atomic E-state index is -1.64. The first-order valence-corrected chi connectivity index (χ1v) is 13.4. The van der Waals surface area contributed by atoms with Gasteiger partial charge in [-0.05, 0) is 75.3 Å². The summed E-state index contributed by atoms with van der Waals surface area (Å²) in [5.41, 5.74) is 1.35. The van der Waals surface area contributed by atoms with Crippen LogP contribution >= 0.6 is 0 Å². The lowest BCUT2D eigenvalue weighted by molar-refractivity contribution is 0.0948. The van der Waals surface area contributed by atoms with E-state index in [1.165, 1.54) is 23.8 Å². The molecule has 6 nitrogen and oxygen atoms in total. The standard InChI is InChI=1S/C28H28FN3O3S/c29-23-10-3-1-8-21(23)19-32-24-18-20(27(33)30-14-7-17-31-15-5-6-16-31)12-13-26(24)36(35)25-11-4-2-9-22(25)28(32)34/h1-4,8-13,18H,5-7,14-17,19H2,(H,30,33)/t36-/m0/s1. The van der Waals surface area contributed by atoms with Crippen LogP contribution < -0.4 is 10.2 Å². The molecule has 0 radical (unpaired) electrons. The second-order valence-corrected chi connectivity index (χ2v) is 10.5. The van der Waals surface area contributed by atoms with E-state index in [4.69, 9.17) is 0 Å². The number of anilines is 1. The van der Waals surface area contributed by atoms with Crippen LogP contribution in [0.2, 0.25) is 0 Å². The summed E-state index contributed by atoms with van der Waals surface area (Å²) < 4.78 is 28.1. The second-order valence-electron chi connectivity index (χ2n) is 9.09. The molecule has 1 atom stereocenters. The Bertz CT molecular complexity index is 1320. The van der Waals surface area contributed by atoms with Crippen LogP contribution in [-0.4, -0.2) is 47.1 Å². The zero-order valence-corrected chi connectivity index (χ0v) is 20.7. The van der Waals surface area contributed by atoms with E-state index in [1.807, 2.05) is 0 Å². The number of nitrogens with zero attached hydrogens (tertiary/aromatic N) is 2. The van der Waals surface area contributed by atoms with Crippen LogP contribution in [0.1, 0.15) is 45.5 Å². The lowest BCUT2D eigenvalue weighted by Gasteiger charge is -2.24. The lowest BCUT2D eigenvalue weighted by Crippen LogP contribution is -2.31. The van der Waals surface area contributed by atoms with Crippen LogP contribution in [0.4, 0.5) is 10.1 Å². The summed E-state index contributed by atoms with van der Waals surface area (Å²) in [6.45, 7) is 3.67. The zero-order valence-electron chi connectivity index (χ0n) is 19.9. The van der Waals surface area contributed by atoms with Crippen LogP contribution in [0.15, 0.2) is 76.5 Å². The van der Waals surface area contributed by atoms with Gasteiger partial charge in [0.1, 0.15) is 5.82 Å². The quantitative estimate of drug-likeness (QED) is 0.484. The largest absolute Gasteiger partial charge is 0.352 e. The molecule has 5 rings (SSSR count). The van der Waals surface area contributed by atoms with Crippen LogP contribution in [-0.2, 0) is 17.3 Å². The summed E-state index contributed by atoms with van der Waals surface area (Å²) in [6, 6.07) is 17.9. The Hall–Kier alpha value is -3.36. The van der Waals surface area contributed by atoms with E-state index in [2.05, 4.69) is 10.2 Å². The van der Waals surface area contributed by atoms with Crippen molar-refractivity contribution in [2.75, 3.05) is 31.1 Å². The third-order valence-corrected chi connectivity index (χ3v) is 8.20. The summed E-state index contributed by atoms with van der Waals surface area (Å²) in [7, 11) is -1.64. The fraction of sp³-hybridized carbons (Fsp3) is 0.286. The highest BCUT2D eigenvalue weighted by molar-refractivity contribution is 7.85. The van der Waals surface area contributed by atoms with E-state index in [0.29, 0.717) is 38.7 Å². The third kappa shape index (κ3) is 4.96. The topological polar surface area (TPSA) is 69.7 Å². The number of hydrogen-bond acceptors (Lipinski definition) is 4. The molecule has 3 aromatic rings. The first kappa shape index (κ1) is 24.3. The molecule has 2 aliphatic heterocycles. The highest BCUT2D eigenvalue weighted by Crippen LogP contribution is 2.36. The Morgan fingerprint density at radius 1 is 0.972 bits per heavy atom. The molecule has 0 saturated carbocycles. The Balaban J connectivity index is 1.44. The first-order chi connectivity index (χ1) is 17.5. The maximum atomic E-state index is 14.5. The van der Waals surface area contributed by atoms with Crippen LogP contribution in [0.5, 0.6) is 0 Å². The van der Waals surface area contributed by atoms with E-state index in [-0.39, 0.29) is 18.4 Å². The van der Waals surface area contributed by atoms with Crippen LogP contribution in [0.25, 0.3) is 0 Å². The SMILES string of the molecule is O=C(NCCCN1CCCC1)c1ccc2c(c1)N(Cc1ccccc1F)C(=O)c1ccccc1[S@@]2=O. The Morgan fingerprint density at radius 2 is 1.72 bits per heavy atom. The number of benzene rings is 3. The van der Waals surface area contributed by atoms with Gasteiger partial charge in [0.05, 0.1) is 38.4 Å². The Kier molecular flexibility index (Phi) is 7.25. The number of nitrogens with one attached hydrogen (secondary N) is 1. The first-order valence-electron chi connectivity index (χ1n) is 12.2. The second kappa shape index (κ2) is 10.7. The van der Waals surface area contributed by atoms with Gasteiger partial charge in [-0.1, -0.05) is 30.3 Å². The van der Waals surface area contributed by atoms with Gasteiger partial charge >= 0.3 is 0 Å². The maximum Gasteiger partial charge on any atom is 0.259 e. The molecule has 186 valence electrons. The van der Waals surface area contributed by atoms with Crippen molar-refractivity contribution in [3.8, 4) is 0 Å². The van der Waals surface area contributed by atoms with Crippen molar-refractivity contribution < 1.29 is 18.2 Å². The fourth-order valence-electron chi connectivity index (χ4n) is 4.77. The number of carbonyl (C=O) groups excluding carboxylic acids is 2. The molecule has 0 spiro atoms. The molecule has 2 amide bonds. The average molecular weight is 506 g/mol. The summed E-state index contributed by atoms with van der Waals surface area (Å²) >= 11 is 0. The number of rotatable bonds is 7. The molecule has 36 heavy (non-hydrogen) atoms. The van der Waals surface area contributed by atoms with Crippen molar-refractivity contribution in [1.82, 2.24) is 10.2 Å². The molecule has 0 bridgehead atoms. The van der Waals surface area contributed by atoms with Gasteiger partial charge in [-0.25, -0.2) is 8.60 Å². The number of carbonyl (C=O) groups is 2. The van der Waals surface area contributed by atoms with Crippen molar-refractivity contribution >= 4 is 28.3 Å². The monoisotopic (exact) mass is 505 g/mol. The number of fused-ring (bicyclic) bond motifs is 2. The fourth-order valence-corrected chi connectivity index (χ4v) is 6.12. The van der Waals surface area contributed by atoms with E-state index >= 15 is 0 Å². The summed E-state index contributed by atoms with van der Waals surface area (Å²) in [5, 5.41) is 2.95. The average Bonchev–Trinajstić information content (AvgIpc) is 3.40. The molecular weight excluding hydrogens is 477 g/mol. The van der Waals surface area contributed by atoms with Gasteiger partial charge in [0.15, 0.2) is 0 Å². The summed E-state index contributed by atoms with van der Waals surface area (Å²) in [6.07, 6.45) is 3.32. The Labute approximate surface area is 212 Å². The third-order valence-electron chi connectivity index (χ3n) is 6.70. The predicted molar refractivity (Wildman–Crippen MR) is 137 cm³/mol. The smallest absolute Gasteiger partial charge is 0.259 e. The normalized spacial score (nSPS) is 17.4. The van der Waals surface area contributed by atoms with E-state index in [9.17, 15) is 18.2 Å². The van der Waals surface area contributed by atoms with E-state index in [1.54, 1.807) is 60.7 Å². The lowest BCUT2D eigenvalue weighted by atomic mass is 10.1. The van der Waals surface area contributed by atoms with Crippen molar-refractivity contribution in [1.29, 1.82) is 0 Å². The van der Waals surface area contributed by atoms with Crippen molar-refractivity contribution in [2.24, 2.45) is 0 Å². The predicted octanol–water partition coefficient (Wildman–Crippen LogP) is 4.37. The molecule has 1 fully saturated rings. The zero-order chi connectivity index (χ0) is 25.1. The van der Waals surface area contributed by atoms with Crippen molar-refractivity contribution in [3.63, 3.8) is 0 Å². The van der Waals surface area contributed by atoms with Gasteiger partial charge in [0, 0.05) is 17.7 Å². The molecule has 0 aliphatic carbocycles. The van der Waals surface area contributed by atoms with Gasteiger partial charge in [-0.15, -0.1) is 0 Å². The molecule has 2 aliphatic rings. The highest BCUT2D eigenvalue weighted by Gasteiger charge is 2.32. The highest BCUT2D eigenvalue weighted by atomic mass is 32.2. The number of hydrogen-bond donors (Lipinski definition) is 1. The molecule has 1 N–H and O–H groups in total. The minimum absolute atomic E-state index is 0.0506. The van der Waals surface area contributed by atoms with Crippen molar-refractivity contribution in [2.45, 2.75) is 35.6 Å². The molecule has 0 aromatic heterocycles. The molecule has 1 saturated heterocycles. The van der Waals surface area contributed by atoms with Gasteiger partial charge in [-0.2, -0.15) is 0 Å². The molecule has 3 aromatic carbocycles. The van der Waals surface area contributed by atoms with Gasteiger partial charge in [-0.3, -0.25) is 9.59 Å². The van der Waals surface area contributed by atoms with Gasteiger partial charge < -0.3 is 15.1 Å². The van der Waals surface area contributed by atoms with Gasteiger partial charge in [0.25, 0.3) is 11.8 Å². The molecule has 2 heterocycles. The maximum absolute atomic E-state index is 14.5. The number of amides is 2. The van der Waals surface area contributed by atoms with Gasteiger partial charge in [0.2, 0.25) is 0 Å². The minimum Gasteiger partial charge on any atom is -0.352 e. The Morgan fingerprint density at radius 3 is 2.53 bits per heavy atom. The molecular formula is C28H28FN3O3S. The van der Waals surface area contributed by atoms with Crippen LogP contribution in [0, 0.1) is 5.82 Å². The van der Waals surface area contributed by atoms with Crippen molar-refractivity contribution in [3.05, 3.63) is 89.2 Å². The van der Waals surface area contributed by atoms with E-state index < -0.39 is 16.6 Å². The van der Waals surface area contributed by atoms with Crippen LogP contribution in [0.3, 0.4) is 0 Å². The van der Waals surface area contributed by atoms with E-state index in [0.717, 1.165) is 26.1 Å². The molecule has 0 unspecified atom stereocenters. The summed E-state index contributed by atoms with van der Waals surface area (Å²) in [4.78, 5) is 31.2. The number of halogens is 1. The number of likely N-dealkylation sites (tertiary alicyclic amines) is 1. The molecule has 8 heteroatoms. The summed E-state index contributed by atoms with van der Waals surface area (Å²) in [5.74, 6) is -1.08.